The number of hydrogen-bond acceptors (Lipinski definition) is 3. The van der Waals surface area contributed by atoms with Crippen molar-refractivity contribution in [2.24, 2.45) is 0 Å². The van der Waals surface area contributed by atoms with Crippen molar-refractivity contribution < 1.29 is 19.8 Å². The monoisotopic (exact) mass is 264 g/mol. The van der Waals surface area contributed by atoms with Gasteiger partial charge in [-0.25, -0.2) is 4.79 Å². The van der Waals surface area contributed by atoms with Crippen LogP contribution in [0.3, 0.4) is 0 Å². The Morgan fingerprint density at radius 3 is 2.32 bits per heavy atom. The van der Waals surface area contributed by atoms with Gasteiger partial charge in [0.15, 0.2) is 0 Å². The standard InChI is InChI=1S/C13H16N2O4/c1-14(9-4-6-11(16)7-5-9)13(19)15(8-12(17)18)10-2-3-10/h4-7,10,16H,2-3,8H2,1H3,(H,17,18). The molecule has 1 saturated carbocycles. The summed E-state index contributed by atoms with van der Waals surface area (Å²) in [4.78, 5) is 25.8. The van der Waals surface area contributed by atoms with Crippen molar-refractivity contribution in [3.63, 3.8) is 0 Å². The van der Waals surface area contributed by atoms with Crippen LogP contribution in [-0.2, 0) is 4.79 Å². The van der Waals surface area contributed by atoms with E-state index >= 15 is 0 Å². The highest BCUT2D eigenvalue weighted by molar-refractivity contribution is 5.93. The van der Waals surface area contributed by atoms with Crippen molar-refractivity contribution in [2.45, 2.75) is 18.9 Å². The Bertz CT molecular complexity index is 482. The molecule has 0 bridgehead atoms. The molecule has 1 fully saturated rings. The minimum Gasteiger partial charge on any atom is -0.508 e. The molecule has 0 atom stereocenters. The smallest absolute Gasteiger partial charge is 0.324 e. The number of amides is 2. The van der Waals surface area contributed by atoms with Crippen molar-refractivity contribution >= 4 is 17.7 Å². The molecule has 1 aromatic carbocycles. The molecular weight excluding hydrogens is 248 g/mol. The molecule has 2 N–H and O–H groups in total. The minimum absolute atomic E-state index is 0.0307. The lowest BCUT2D eigenvalue weighted by Crippen LogP contribution is -2.45. The van der Waals surface area contributed by atoms with Crippen LogP contribution in [-0.4, -0.2) is 46.7 Å². The first kappa shape index (κ1) is 13.2. The predicted molar refractivity (Wildman–Crippen MR) is 69.3 cm³/mol. The summed E-state index contributed by atoms with van der Waals surface area (Å²) in [6, 6.07) is 5.88. The molecule has 0 spiro atoms. The molecule has 6 heteroatoms. The number of benzene rings is 1. The van der Waals surface area contributed by atoms with E-state index in [0.29, 0.717) is 5.69 Å². The Morgan fingerprint density at radius 1 is 1.26 bits per heavy atom. The number of phenols is 1. The molecule has 0 heterocycles. The van der Waals surface area contributed by atoms with Crippen LogP contribution in [0.4, 0.5) is 10.5 Å². The number of carboxylic acids is 1. The van der Waals surface area contributed by atoms with Gasteiger partial charge in [0.05, 0.1) is 0 Å². The molecule has 1 aliphatic carbocycles. The van der Waals surface area contributed by atoms with Crippen molar-refractivity contribution in [1.29, 1.82) is 0 Å². The normalized spacial score (nSPS) is 13.9. The maximum absolute atomic E-state index is 12.3. The predicted octanol–water partition coefficient (Wildman–Crippen LogP) is 1.50. The van der Waals surface area contributed by atoms with Crippen molar-refractivity contribution in [3.8, 4) is 5.75 Å². The lowest BCUT2D eigenvalue weighted by molar-refractivity contribution is -0.137. The van der Waals surface area contributed by atoms with E-state index in [9.17, 15) is 14.7 Å². The Morgan fingerprint density at radius 2 is 1.84 bits per heavy atom. The third-order valence-corrected chi connectivity index (χ3v) is 3.06. The van der Waals surface area contributed by atoms with E-state index in [-0.39, 0.29) is 24.4 Å². The largest absolute Gasteiger partial charge is 0.508 e. The van der Waals surface area contributed by atoms with Crippen molar-refractivity contribution in [1.82, 2.24) is 4.90 Å². The summed E-state index contributed by atoms with van der Waals surface area (Å²) in [6.45, 7) is -0.286. The third kappa shape index (κ3) is 3.15. The number of aliphatic carboxylic acids is 1. The molecule has 6 nitrogen and oxygen atoms in total. The molecular formula is C13H16N2O4. The molecule has 102 valence electrons. The van der Waals surface area contributed by atoms with Crippen LogP contribution in [0, 0.1) is 0 Å². The van der Waals surface area contributed by atoms with E-state index in [1.165, 1.54) is 21.9 Å². The fourth-order valence-electron chi connectivity index (χ4n) is 1.86. The summed E-state index contributed by atoms with van der Waals surface area (Å²) >= 11 is 0. The van der Waals surface area contributed by atoms with Crippen LogP contribution in [0.2, 0.25) is 0 Å². The van der Waals surface area contributed by atoms with Gasteiger partial charge in [-0.15, -0.1) is 0 Å². The number of nitrogens with zero attached hydrogens (tertiary/aromatic N) is 2. The number of phenolic OH excluding ortho intramolecular Hbond substituents is 1. The Kier molecular flexibility index (Phi) is 3.59. The summed E-state index contributed by atoms with van der Waals surface area (Å²) in [6.07, 6.45) is 1.70. The van der Waals surface area contributed by atoms with Gasteiger partial charge in [0.1, 0.15) is 12.3 Å². The lowest BCUT2D eigenvalue weighted by Gasteiger charge is -2.27. The molecule has 0 aliphatic heterocycles. The quantitative estimate of drug-likeness (QED) is 0.863. The highest BCUT2D eigenvalue weighted by atomic mass is 16.4. The second-order valence-electron chi connectivity index (χ2n) is 4.61. The first-order valence-corrected chi connectivity index (χ1v) is 6.04. The van der Waals surface area contributed by atoms with E-state index < -0.39 is 5.97 Å². The molecule has 0 unspecified atom stereocenters. The van der Waals surface area contributed by atoms with E-state index in [2.05, 4.69) is 0 Å². The first-order valence-electron chi connectivity index (χ1n) is 6.04. The fourth-order valence-corrected chi connectivity index (χ4v) is 1.86. The van der Waals surface area contributed by atoms with Crippen molar-refractivity contribution in [2.75, 3.05) is 18.5 Å². The zero-order valence-corrected chi connectivity index (χ0v) is 10.6. The number of carbonyl (C=O) groups is 2. The second-order valence-corrected chi connectivity index (χ2v) is 4.61. The van der Waals surface area contributed by atoms with Gasteiger partial charge >= 0.3 is 12.0 Å². The number of urea groups is 1. The average Bonchev–Trinajstić information content (AvgIpc) is 3.19. The van der Waals surface area contributed by atoms with E-state index in [4.69, 9.17) is 5.11 Å². The van der Waals surface area contributed by atoms with Gasteiger partial charge < -0.3 is 15.1 Å². The summed E-state index contributed by atoms with van der Waals surface area (Å²) in [5.74, 6) is -0.895. The molecule has 0 aromatic heterocycles. The van der Waals surface area contributed by atoms with Gasteiger partial charge in [0.25, 0.3) is 0 Å². The molecule has 1 aliphatic rings. The van der Waals surface area contributed by atoms with Crippen LogP contribution >= 0.6 is 0 Å². The van der Waals surface area contributed by atoms with Gasteiger partial charge in [0, 0.05) is 18.8 Å². The number of rotatable bonds is 4. The Balaban J connectivity index is 2.12. The second kappa shape index (κ2) is 5.17. The topological polar surface area (TPSA) is 81.1 Å². The highest BCUT2D eigenvalue weighted by Crippen LogP contribution is 2.28. The van der Waals surface area contributed by atoms with Gasteiger partial charge in [-0.1, -0.05) is 0 Å². The molecule has 0 radical (unpaired) electrons. The van der Waals surface area contributed by atoms with Gasteiger partial charge in [-0.3, -0.25) is 9.69 Å². The zero-order valence-electron chi connectivity index (χ0n) is 10.6. The number of anilines is 1. The molecule has 2 rings (SSSR count). The summed E-state index contributed by atoms with van der Waals surface area (Å²) < 4.78 is 0. The molecule has 1 aromatic rings. The number of aromatic hydroxyl groups is 1. The third-order valence-electron chi connectivity index (χ3n) is 3.06. The van der Waals surface area contributed by atoms with Gasteiger partial charge in [0.2, 0.25) is 0 Å². The highest BCUT2D eigenvalue weighted by Gasteiger charge is 2.35. The number of carbonyl (C=O) groups excluding carboxylic acids is 1. The van der Waals surface area contributed by atoms with E-state index in [1.807, 2.05) is 0 Å². The van der Waals surface area contributed by atoms with Gasteiger partial charge in [-0.05, 0) is 37.1 Å². The number of carboxylic acid groups (broad SMARTS) is 1. The molecule has 2 amide bonds. The fraction of sp³-hybridized carbons (Fsp3) is 0.385. The molecule has 0 saturated heterocycles. The summed E-state index contributed by atoms with van der Waals surface area (Å²) in [5, 5.41) is 18.1. The summed E-state index contributed by atoms with van der Waals surface area (Å²) in [7, 11) is 1.59. The zero-order chi connectivity index (χ0) is 14.0. The van der Waals surface area contributed by atoms with E-state index in [0.717, 1.165) is 12.8 Å². The lowest BCUT2D eigenvalue weighted by atomic mass is 10.3. The van der Waals surface area contributed by atoms with Crippen molar-refractivity contribution in [3.05, 3.63) is 24.3 Å². The summed E-state index contributed by atoms with van der Waals surface area (Å²) in [5.41, 5.74) is 0.610. The Hall–Kier alpha value is -2.24. The average molecular weight is 264 g/mol. The SMILES string of the molecule is CN(C(=O)N(CC(=O)O)C1CC1)c1ccc(O)cc1. The van der Waals surface area contributed by atoms with Crippen LogP contribution in [0.25, 0.3) is 0 Å². The maximum atomic E-state index is 12.3. The van der Waals surface area contributed by atoms with Crippen LogP contribution in [0.15, 0.2) is 24.3 Å². The Labute approximate surface area is 110 Å². The minimum atomic E-state index is -1.01. The maximum Gasteiger partial charge on any atom is 0.324 e. The van der Waals surface area contributed by atoms with Crippen LogP contribution in [0.5, 0.6) is 5.75 Å². The van der Waals surface area contributed by atoms with E-state index in [1.54, 1.807) is 19.2 Å². The van der Waals surface area contributed by atoms with Crippen LogP contribution in [0.1, 0.15) is 12.8 Å². The van der Waals surface area contributed by atoms with Crippen LogP contribution < -0.4 is 4.90 Å². The molecule has 19 heavy (non-hydrogen) atoms. The number of hydrogen-bond donors (Lipinski definition) is 2. The van der Waals surface area contributed by atoms with Gasteiger partial charge in [-0.2, -0.15) is 0 Å². The first-order chi connectivity index (χ1) is 8.99.